The van der Waals surface area contributed by atoms with E-state index in [1.165, 1.54) is 31.4 Å². The fourth-order valence-corrected chi connectivity index (χ4v) is 2.48. The molecule has 0 spiro atoms. The first-order valence-electron chi connectivity index (χ1n) is 7.35. The largest absolute Gasteiger partial charge is 0.314 e. The molecule has 0 aliphatic heterocycles. The molecule has 3 heteroatoms. The molecule has 1 atom stereocenters. The second-order valence-corrected chi connectivity index (χ2v) is 5.65. The summed E-state index contributed by atoms with van der Waals surface area (Å²) in [5, 5.41) is 3.50. The molecule has 1 aromatic carbocycles. The first kappa shape index (κ1) is 14.4. The predicted octanol–water partition coefficient (Wildman–Crippen LogP) is 4.07. The molecular weight excluding hydrogens is 244 g/mol. The Labute approximate surface area is 114 Å². The van der Waals surface area contributed by atoms with Gasteiger partial charge in [0.2, 0.25) is 0 Å². The Morgan fingerprint density at radius 1 is 1.21 bits per heavy atom. The van der Waals surface area contributed by atoms with E-state index in [2.05, 4.69) is 12.2 Å². The summed E-state index contributed by atoms with van der Waals surface area (Å²) in [5.41, 5.74) is 0.752. The van der Waals surface area contributed by atoms with Gasteiger partial charge in [0.25, 0.3) is 0 Å². The monoisotopic (exact) mass is 267 g/mol. The van der Waals surface area contributed by atoms with Crippen molar-refractivity contribution in [2.24, 2.45) is 5.92 Å². The first-order valence-corrected chi connectivity index (χ1v) is 7.35. The highest BCUT2D eigenvalue weighted by Gasteiger charge is 2.22. The van der Waals surface area contributed by atoms with Crippen LogP contribution in [0.4, 0.5) is 8.78 Å². The molecule has 1 aliphatic carbocycles. The molecule has 1 unspecified atom stereocenters. The summed E-state index contributed by atoms with van der Waals surface area (Å²) in [5.74, 6) is -0.0620. The summed E-state index contributed by atoms with van der Waals surface area (Å²) >= 11 is 0. The number of rotatable bonds is 8. The summed E-state index contributed by atoms with van der Waals surface area (Å²) in [4.78, 5) is 0. The molecule has 1 N–H and O–H groups in total. The lowest BCUT2D eigenvalue weighted by atomic mass is 10.00. The summed E-state index contributed by atoms with van der Waals surface area (Å²) < 4.78 is 26.4. The Bertz CT molecular complexity index is 381. The van der Waals surface area contributed by atoms with Crippen LogP contribution in [0, 0.1) is 17.6 Å². The molecule has 1 aliphatic rings. The molecular formula is C16H23F2N. The second-order valence-electron chi connectivity index (χ2n) is 5.65. The predicted molar refractivity (Wildman–Crippen MR) is 74.1 cm³/mol. The van der Waals surface area contributed by atoms with Crippen LogP contribution in [0.15, 0.2) is 18.2 Å². The van der Waals surface area contributed by atoms with Crippen LogP contribution in [0.5, 0.6) is 0 Å². The van der Waals surface area contributed by atoms with Gasteiger partial charge in [-0.05, 0) is 55.8 Å². The zero-order chi connectivity index (χ0) is 13.7. The van der Waals surface area contributed by atoms with Crippen molar-refractivity contribution in [2.45, 2.75) is 51.5 Å². The van der Waals surface area contributed by atoms with Crippen molar-refractivity contribution in [2.75, 3.05) is 6.54 Å². The Morgan fingerprint density at radius 2 is 1.89 bits per heavy atom. The average molecular weight is 267 g/mol. The van der Waals surface area contributed by atoms with Gasteiger partial charge in [0.1, 0.15) is 11.6 Å². The Hall–Kier alpha value is -0.960. The van der Waals surface area contributed by atoms with Crippen molar-refractivity contribution < 1.29 is 8.78 Å². The van der Waals surface area contributed by atoms with Gasteiger partial charge in [-0.15, -0.1) is 0 Å². The van der Waals surface area contributed by atoms with E-state index in [0.29, 0.717) is 12.5 Å². The van der Waals surface area contributed by atoms with Crippen LogP contribution in [-0.4, -0.2) is 12.6 Å². The van der Waals surface area contributed by atoms with Gasteiger partial charge >= 0.3 is 0 Å². The van der Waals surface area contributed by atoms with Crippen LogP contribution < -0.4 is 5.32 Å². The highest BCUT2D eigenvalue weighted by molar-refractivity contribution is 5.19. The van der Waals surface area contributed by atoms with E-state index in [0.717, 1.165) is 36.9 Å². The maximum absolute atomic E-state index is 13.2. The van der Waals surface area contributed by atoms with Crippen LogP contribution in [0.3, 0.4) is 0 Å². The van der Waals surface area contributed by atoms with Crippen molar-refractivity contribution in [3.05, 3.63) is 35.4 Å². The highest BCUT2D eigenvalue weighted by atomic mass is 19.1. The quantitative estimate of drug-likeness (QED) is 0.748. The lowest BCUT2D eigenvalue weighted by Crippen LogP contribution is -2.32. The van der Waals surface area contributed by atoms with Crippen molar-refractivity contribution in [3.63, 3.8) is 0 Å². The number of hydrogen-bond donors (Lipinski definition) is 1. The normalized spacial score (nSPS) is 16.6. The topological polar surface area (TPSA) is 12.0 Å². The smallest absolute Gasteiger partial charge is 0.126 e. The van der Waals surface area contributed by atoms with Gasteiger partial charge in [0.05, 0.1) is 0 Å². The molecule has 0 radical (unpaired) electrons. The molecule has 0 bridgehead atoms. The van der Waals surface area contributed by atoms with E-state index in [-0.39, 0.29) is 0 Å². The third-order valence-electron chi connectivity index (χ3n) is 3.71. The van der Waals surface area contributed by atoms with Gasteiger partial charge in [0, 0.05) is 12.1 Å². The van der Waals surface area contributed by atoms with Crippen LogP contribution in [-0.2, 0) is 6.42 Å². The number of nitrogens with one attached hydrogen (secondary N) is 1. The van der Waals surface area contributed by atoms with Crippen LogP contribution in [0.1, 0.15) is 44.6 Å². The first-order chi connectivity index (χ1) is 9.17. The van der Waals surface area contributed by atoms with E-state index in [9.17, 15) is 8.78 Å². The number of hydrogen-bond acceptors (Lipinski definition) is 1. The minimum Gasteiger partial charge on any atom is -0.314 e. The SMILES string of the molecule is CCCNC(CCC1CC1)Cc1cc(F)cc(F)c1. The molecule has 0 aromatic heterocycles. The minimum atomic E-state index is -0.480. The Balaban J connectivity index is 1.91. The van der Waals surface area contributed by atoms with Crippen molar-refractivity contribution in [1.29, 1.82) is 0 Å². The Morgan fingerprint density at radius 3 is 2.47 bits per heavy atom. The standard InChI is InChI=1S/C16H23F2N/c1-2-7-19-16(6-5-12-3-4-12)10-13-8-14(17)11-15(18)9-13/h8-9,11-12,16,19H,2-7,10H2,1H3. The molecule has 1 fully saturated rings. The van der Waals surface area contributed by atoms with E-state index in [1.54, 1.807) is 0 Å². The lowest BCUT2D eigenvalue weighted by Gasteiger charge is -2.18. The molecule has 0 amide bonds. The van der Waals surface area contributed by atoms with Gasteiger partial charge in [-0.25, -0.2) is 8.78 Å². The van der Waals surface area contributed by atoms with Gasteiger partial charge in [0.15, 0.2) is 0 Å². The van der Waals surface area contributed by atoms with Gasteiger partial charge in [-0.1, -0.05) is 19.8 Å². The Kier molecular flexibility index (Phi) is 5.32. The minimum absolute atomic E-state index is 0.335. The summed E-state index contributed by atoms with van der Waals surface area (Å²) in [6.45, 7) is 3.10. The fraction of sp³-hybridized carbons (Fsp3) is 0.625. The van der Waals surface area contributed by atoms with E-state index in [1.807, 2.05) is 0 Å². The van der Waals surface area contributed by atoms with Crippen LogP contribution in [0.2, 0.25) is 0 Å². The van der Waals surface area contributed by atoms with Crippen molar-refractivity contribution in [1.82, 2.24) is 5.32 Å². The maximum atomic E-state index is 13.2. The lowest BCUT2D eigenvalue weighted by molar-refractivity contribution is 0.450. The highest BCUT2D eigenvalue weighted by Crippen LogP contribution is 2.34. The number of benzene rings is 1. The van der Waals surface area contributed by atoms with E-state index >= 15 is 0 Å². The van der Waals surface area contributed by atoms with Crippen LogP contribution in [0.25, 0.3) is 0 Å². The molecule has 1 aromatic rings. The van der Waals surface area contributed by atoms with Gasteiger partial charge < -0.3 is 5.32 Å². The molecule has 19 heavy (non-hydrogen) atoms. The van der Waals surface area contributed by atoms with E-state index in [4.69, 9.17) is 0 Å². The zero-order valence-corrected chi connectivity index (χ0v) is 11.6. The van der Waals surface area contributed by atoms with Gasteiger partial charge in [-0.3, -0.25) is 0 Å². The molecule has 106 valence electrons. The molecule has 1 nitrogen and oxygen atoms in total. The third-order valence-corrected chi connectivity index (χ3v) is 3.71. The molecule has 0 saturated heterocycles. The fourth-order valence-electron chi connectivity index (χ4n) is 2.48. The molecule has 1 saturated carbocycles. The van der Waals surface area contributed by atoms with Gasteiger partial charge in [-0.2, -0.15) is 0 Å². The van der Waals surface area contributed by atoms with Crippen molar-refractivity contribution >= 4 is 0 Å². The molecule has 0 heterocycles. The van der Waals surface area contributed by atoms with Crippen molar-refractivity contribution in [3.8, 4) is 0 Å². The van der Waals surface area contributed by atoms with Crippen LogP contribution >= 0.6 is 0 Å². The molecule has 2 rings (SSSR count). The third kappa shape index (κ3) is 5.27. The van der Waals surface area contributed by atoms with E-state index < -0.39 is 11.6 Å². The number of halogens is 2. The second kappa shape index (κ2) is 6.99. The summed E-state index contributed by atoms with van der Waals surface area (Å²) in [6, 6.07) is 4.16. The average Bonchev–Trinajstić information content (AvgIpc) is 3.15. The maximum Gasteiger partial charge on any atom is 0.126 e. The summed E-state index contributed by atoms with van der Waals surface area (Å²) in [6.07, 6.45) is 6.84. The summed E-state index contributed by atoms with van der Waals surface area (Å²) in [7, 11) is 0. The zero-order valence-electron chi connectivity index (χ0n) is 11.6.